The molecular formula is C23H24FN3O2. The van der Waals surface area contributed by atoms with E-state index in [4.69, 9.17) is 0 Å². The Hall–Kier alpha value is -3.02. The molecule has 29 heavy (non-hydrogen) atoms. The Labute approximate surface area is 168 Å². The summed E-state index contributed by atoms with van der Waals surface area (Å²) in [4.78, 5) is 27.3. The van der Waals surface area contributed by atoms with Crippen LogP contribution in [0, 0.1) is 5.82 Å². The van der Waals surface area contributed by atoms with Gasteiger partial charge >= 0.3 is 0 Å². The van der Waals surface area contributed by atoms with Gasteiger partial charge in [0.1, 0.15) is 5.82 Å². The van der Waals surface area contributed by atoms with Gasteiger partial charge in [-0.15, -0.1) is 0 Å². The maximum atomic E-state index is 13.3. The zero-order valence-corrected chi connectivity index (χ0v) is 16.2. The molecule has 1 amide bonds. The summed E-state index contributed by atoms with van der Waals surface area (Å²) in [5, 5.41) is 7.90. The van der Waals surface area contributed by atoms with Crippen molar-refractivity contribution in [3.05, 3.63) is 76.0 Å². The van der Waals surface area contributed by atoms with E-state index in [1.807, 2.05) is 17.0 Å². The van der Waals surface area contributed by atoms with Gasteiger partial charge in [0.05, 0.1) is 17.5 Å². The summed E-state index contributed by atoms with van der Waals surface area (Å²) in [6.07, 6.45) is 5.49. The van der Waals surface area contributed by atoms with Crippen molar-refractivity contribution in [3.8, 4) is 0 Å². The molecule has 1 aliphatic rings. The highest BCUT2D eigenvalue weighted by molar-refractivity contribution is 5.88. The summed E-state index contributed by atoms with van der Waals surface area (Å²) in [7, 11) is 0. The molecule has 5 nitrogen and oxygen atoms in total. The summed E-state index contributed by atoms with van der Waals surface area (Å²) in [5.74, 6) is -0.306. The fraction of sp³-hybridized carbons (Fsp3) is 0.348. The highest BCUT2D eigenvalue weighted by Gasteiger charge is 2.26. The fourth-order valence-electron chi connectivity index (χ4n) is 4.15. The van der Waals surface area contributed by atoms with Crippen molar-refractivity contribution in [2.24, 2.45) is 0 Å². The van der Waals surface area contributed by atoms with Gasteiger partial charge < -0.3 is 4.90 Å². The van der Waals surface area contributed by atoms with Crippen LogP contribution in [0.1, 0.15) is 43.4 Å². The molecule has 0 saturated heterocycles. The van der Waals surface area contributed by atoms with E-state index in [2.05, 4.69) is 10.2 Å². The van der Waals surface area contributed by atoms with Crippen LogP contribution in [0.4, 0.5) is 4.39 Å². The molecule has 1 heterocycles. The Kier molecular flexibility index (Phi) is 5.69. The van der Waals surface area contributed by atoms with E-state index in [0.29, 0.717) is 23.0 Å². The monoisotopic (exact) mass is 393 g/mol. The number of hydrogen-bond donors (Lipinski definition) is 1. The summed E-state index contributed by atoms with van der Waals surface area (Å²) in [5.41, 5.74) is 1.22. The molecule has 4 rings (SSSR count). The predicted molar refractivity (Wildman–Crippen MR) is 110 cm³/mol. The quantitative estimate of drug-likeness (QED) is 0.713. The lowest BCUT2D eigenvalue weighted by atomic mass is 9.93. The van der Waals surface area contributed by atoms with E-state index in [9.17, 15) is 14.0 Å². The van der Waals surface area contributed by atoms with E-state index in [-0.39, 0.29) is 29.7 Å². The zero-order chi connectivity index (χ0) is 20.2. The normalized spacial score (nSPS) is 14.8. The van der Waals surface area contributed by atoms with Crippen molar-refractivity contribution in [1.29, 1.82) is 0 Å². The maximum Gasteiger partial charge on any atom is 0.272 e. The molecule has 0 radical (unpaired) electrons. The third kappa shape index (κ3) is 4.36. The van der Waals surface area contributed by atoms with Gasteiger partial charge in [-0.2, -0.15) is 5.10 Å². The molecule has 0 bridgehead atoms. The Morgan fingerprint density at radius 2 is 1.72 bits per heavy atom. The number of aromatic nitrogens is 2. The molecule has 0 aliphatic heterocycles. The summed E-state index contributed by atoms with van der Waals surface area (Å²) < 4.78 is 13.3. The first-order valence-corrected chi connectivity index (χ1v) is 10.1. The highest BCUT2D eigenvalue weighted by Crippen LogP contribution is 2.25. The first kappa shape index (κ1) is 19.3. The number of amides is 1. The van der Waals surface area contributed by atoms with Gasteiger partial charge in [0.25, 0.3) is 5.56 Å². The van der Waals surface area contributed by atoms with Gasteiger partial charge in [-0.05, 0) is 36.6 Å². The molecule has 0 spiro atoms. The molecule has 1 N–H and O–H groups in total. The van der Waals surface area contributed by atoms with Crippen molar-refractivity contribution >= 4 is 16.7 Å². The van der Waals surface area contributed by atoms with Crippen LogP contribution in [-0.4, -0.2) is 27.0 Å². The summed E-state index contributed by atoms with van der Waals surface area (Å²) in [6, 6.07) is 13.7. The van der Waals surface area contributed by atoms with Crippen molar-refractivity contribution in [2.45, 2.75) is 51.1 Å². The number of nitrogens with zero attached hydrogens (tertiary/aromatic N) is 2. The second-order valence-electron chi connectivity index (χ2n) is 7.66. The molecule has 150 valence electrons. The molecule has 1 saturated carbocycles. The zero-order valence-electron chi connectivity index (χ0n) is 16.2. The first-order chi connectivity index (χ1) is 14.1. The third-order valence-electron chi connectivity index (χ3n) is 5.70. The SMILES string of the molecule is O=C(Cc1n[nH]c(=O)c2ccccc12)N(Cc1ccc(F)cc1)C1CCCCC1. The van der Waals surface area contributed by atoms with Crippen LogP contribution in [0.25, 0.3) is 10.8 Å². The molecule has 6 heteroatoms. The lowest BCUT2D eigenvalue weighted by Gasteiger charge is -2.34. The topological polar surface area (TPSA) is 66.1 Å². The van der Waals surface area contributed by atoms with E-state index in [0.717, 1.165) is 31.2 Å². The first-order valence-electron chi connectivity index (χ1n) is 10.1. The Morgan fingerprint density at radius 1 is 1.03 bits per heavy atom. The van der Waals surface area contributed by atoms with E-state index in [1.54, 1.807) is 24.3 Å². The molecule has 0 unspecified atom stereocenters. The number of aromatic amines is 1. The van der Waals surface area contributed by atoms with E-state index < -0.39 is 0 Å². The number of halogens is 1. The predicted octanol–water partition coefficient (Wildman–Crippen LogP) is 3.97. The molecule has 1 aliphatic carbocycles. The minimum Gasteiger partial charge on any atom is -0.335 e. The van der Waals surface area contributed by atoms with Crippen LogP contribution in [0.2, 0.25) is 0 Å². The maximum absolute atomic E-state index is 13.3. The van der Waals surface area contributed by atoms with Crippen molar-refractivity contribution < 1.29 is 9.18 Å². The van der Waals surface area contributed by atoms with Crippen molar-refractivity contribution in [2.75, 3.05) is 0 Å². The number of fused-ring (bicyclic) bond motifs is 1. The molecule has 3 aromatic rings. The van der Waals surface area contributed by atoms with Gasteiger partial charge in [0.2, 0.25) is 5.91 Å². The largest absolute Gasteiger partial charge is 0.335 e. The molecule has 2 aromatic carbocycles. The smallest absolute Gasteiger partial charge is 0.272 e. The number of nitrogens with one attached hydrogen (secondary N) is 1. The lowest BCUT2D eigenvalue weighted by Crippen LogP contribution is -2.42. The standard InChI is InChI=1S/C23H24FN3O2/c24-17-12-10-16(11-13-17)15-27(18-6-2-1-3-7-18)22(28)14-21-19-8-4-5-9-20(19)23(29)26-25-21/h4-5,8-13,18H,1-3,6-7,14-15H2,(H,26,29). The average Bonchev–Trinajstić information content (AvgIpc) is 2.76. The summed E-state index contributed by atoms with van der Waals surface area (Å²) in [6.45, 7) is 0.449. The van der Waals surface area contributed by atoms with Crippen molar-refractivity contribution in [3.63, 3.8) is 0 Å². The fourth-order valence-corrected chi connectivity index (χ4v) is 4.15. The molecule has 1 fully saturated rings. The van der Waals surface area contributed by atoms with Crippen LogP contribution in [0.5, 0.6) is 0 Å². The number of hydrogen-bond acceptors (Lipinski definition) is 3. The van der Waals surface area contributed by atoms with Gasteiger partial charge in [-0.1, -0.05) is 49.6 Å². The van der Waals surface area contributed by atoms with Crippen molar-refractivity contribution in [1.82, 2.24) is 15.1 Å². The minimum absolute atomic E-state index is 0.0223. The Balaban J connectivity index is 1.62. The molecule has 1 aromatic heterocycles. The van der Waals surface area contributed by atoms with Crippen LogP contribution in [0.15, 0.2) is 53.3 Å². The van der Waals surface area contributed by atoms with Gasteiger partial charge in [-0.25, -0.2) is 9.49 Å². The molecular weight excluding hydrogens is 369 g/mol. The second-order valence-corrected chi connectivity index (χ2v) is 7.66. The number of rotatable bonds is 5. The highest BCUT2D eigenvalue weighted by atomic mass is 19.1. The number of carbonyl (C=O) groups is 1. The second kappa shape index (κ2) is 8.55. The summed E-state index contributed by atoms with van der Waals surface area (Å²) >= 11 is 0. The number of benzene rings is 2. The average molecular weight is 393 g/mol. The van der Waals surface area contributed by atoms with Crippen LogP contribution >= 0.6 is 0 Å². The van der Waals surface area contributed by atoms with Crippen LogP contribution in [-0.2, 0) is 17.8 Å². The Morgan fingerprint density at radius 3 is 2.45 bits per heavy atom. The van der Waals surface area contributed by atoms with Gasteiger partial charge in [0, 0.05) is 18.0 Å². The minimum atomic E-state index is -0.284. The third-order valence-corrected chi connectivity index (χ3v) is 5.70. The lowest BCUT2D eigenvalue weighted by molar-refractivity contribution is -0.134. The number of carbonyl (C=O) groups excluding carboxylic acids is 1. The van der Waals surface area contributed by atoms with E-state index >= 15 is 0 Å². The van der Waals surface area contributed by atoms with Crippen LogP contribution < -0.4 is 5.56 Å². The Bertz CT molecular complexity index is 1060. The van der Waals surface area contributed by atoms with Crippen LogP contribution in [0.3, 0.4) is 0 Å². The number of H-pyrrole nitrogens is 1. The van der Waals surface area contributed by atoms with Gasteiger partial charge in [-0.3, -0.25) is 9.59 Å². The van der Waals surface area contributed by atoms with E-state index in [1.165, 1.54) is 18.6 Å². The molecule has 0 atom stereocenters. The van der Waals surface area contributed by atoms with Gasteiger partial charge in [0.15, 0.2) is 0 Å².